The molecule has 16 heavy (non-hydrogen) atoms. The number of nitrogens with two attached hydrogens (primary N) is 1. The molecule has 0 spiro atoms. The number of sulfonamides is 1. The Morgan fingerprint density at radius 2 is 2.25 bits per heavy atom. The smallest absolute Gasteiger partial charge is 0.250 e. The third kappa shape index (κ3) is 2.08. The maximum Gasteiger partial charge on any atom is 0.250 e. The summed E-state index contributed by atoms with van der Waals surface area (Å²) in [6, 6.07) is 1.43. The van der Waals surface area contributed by atoms with Gasteiger partial charge in [0.1, 0.15) is 4.21 Å². The van der Waals surface area contributed by atoms with E-state index < -0.39 is 15.6 Å². The molecule has 0 amide bonds. The van der Waals surface area contributed by atoms with Crippen molar-refractivity contribution in [2.75, 3.05) is 12.3 Å². The minimum absolute atomic E-state index is 0.160. The molecule has 1 aliphatic carbocycles. The quantitative estimate of drug-likeness (QED) is 0.737. The second-order valence-electron chi connectivity index (χ2n) is 4.10. The molecule has 0 radical (unpaired) electrons. The fraction of sp³-hybridized carbons (Fsp3) is 0.556. The Hall–Kier alpha value is -0.630. The average molecular weight is 262 g/mol. The van der Waals surface area contributed by atoms with E-state index in [1.54, 1.807) is 5.38 Å². The number of nitrogens with one attached hydrogen (secondary N) is 1. The summed E-state index contributed by atoms with van der Waals surface area (Å²) in [4.78, 5) is 0. The molecule has 1 heterocycles. The van der Waals surface area contributed by atoms with Gasteiger partial charge in [0.15, 0.2) is 0 Å². The fourth-order valence-electron chi connectivity index (χ4n) is 1.70. The summed E-state index contributed by atoms with van der Waals surface area (Å²) in [5.41, 5.74) is 5.27. The van der Waals surface area contributed by atoms with Gasteiger partial charge in [0, 0.05) is 11.1 Å². The Balaban J connectivity index is 2.20. The zero-order valence-corrected chi connectivity index (χ0v) is 10.3. The van der Waals surface area contributed by atoms with Crippen molar-refractivity contribution in [1.82, 2.24) is 4.72 Å². The van der Waals surface area contributed by atoms with Crippen molar-refractivity contribution in [2.24, 2.45) is 0 Å². The SMILES string of the molecule is Nc1csc(S(=O)(=O)NC2(CO)CCC2)c1. The lowest BCUT2D eigenvalue weighted by molar-refractivity contribution is 0.111. The van der Waals surface area contributed by atoms with Crippen LogP contribution in [0.25, 0.3) is 0 Å². The van der Waals surface area contributed by atoms with E-state index >= 15 is 0 Å². The third-order valence-corrected chi connectivity index (χ3v) is 5.86. The lowest BCUT2D eigenvalue weighted by Crippen LogP contribution is -2.55. The predicted molar refractivity (Wildman–Crippen MR) is 62.7 cm³/mol. The van der Waals surface area contributed by atoms with Gasteiger partial charge in [0.05, 0.1) is 12.1 Å². The standard InChI is InChI=1S/C9H14N2O3S2/c10-7-4-8(15-5-7)16(13,14)11-9(6-12)2-1-3-9/h4-5,11-12H,1-3,6,10H2. The van der Waals surface area contributed by atoms with Gasteiger partial charge in [0.2, 0.25) is 0 Å². The predicted octanol–water partition coefficient (Wildman–Crippen LogP) is 0.524. The van der Waals surface area contributed by atoms with E-state index in [-0.39, 0.29) is 10.8 Å². The van der Waals surface area contributed by atoms with Crippen molar-refractivity contribution in [3.8, 4) is 0 Å². The molecule has 0 unspecified atom stereocenters. The Kier molecular flexibility index (Phi) is 2.95. The second-order valence-corrected chi connectivity index (χ2v) is 6.92. The molecule has 2 rings (SSSR count). The zero-order chi connectivity index (χ0) is 11.8. The minimum Gasteiger partial charge on any atom is -0.398 e. The van der Waals surface area contributed by atoms with Crippen LogP contribution in [0, 0.1) is 0 Å². The van der Waals surface area contributed by atoms with Crippen molar-refractivity contribution in [1.29, 1.82) is 0 Å². The summed E-state index contributed by atoms with van der Waals surface area (Å²) in [7, 11) is -3.54. The Morgan fingerprint density at radius 1 is 1.56 bits per heavy atom. The summed E-state index contributed by atoms with van der Waals surface area (Å²) < 4.78 is 26.7. The lowest BCUT2D eigenvalue weighted by atomic mass is 9.78. The van der Waals surface area contributed by atoms with Gasteiger partial charge in [-0.3, -0.25) is 0 Å². The molecule has 1 aromatic heterocycles. The van der Waals surface area contributed by atoms with Crippen LogP contribution >= 0.6 is 11.3 Å². The van der Waals surface area contributed by atoms with Gasteiger partial charge in [-0.25, -0.2) is 13.1 Å². The van der Waals surface area contributed by atoms with Crippen molar-refractivity contribution < 1.29 is 13.5 Å². The number of rotatable bonds is 4. The molecule has 4 N–H and O–H groups in total. The second kappa shape index (κ2) is 3.99. The first-order chi connectivity index (χ1) is 7.47. The van der Waals surface area contributed by atoms with E-state index in [0.29, 0.717) is 18.5 Å². The molecule has 1 aliphatic rings. The molecule has 0 atom stereocenters. The normalized spacial score (nSPS) is 19.3. The highest BCUT2D eigenvalue weighted by Gasteiger charge is 2.40. The molecule has 0 aliphatic heterocycles. The molecular formula is C9H14N2O3S2. The summed E-state index contributed by atoms with van der Waals surface area (Å²) in [6.45, 7) is -0.160. The Labute approximate surface area is 98.3 Å². The first kappa shape index (κ1) is 11.8. The van der Waals surface area contributed by atoms with Crippen LogP contribution in [0.5, 0.6) is 0 Å². The summed E-state index contributed by atoms with van der Waals surface area (Å²) >= 11 is 1.09. The highest BCUT2D eigenvalue weighted by atomic mass is 32.2. The zero-order valence-electron chi connectivity index (χ0n) is 8.64. The van der Waals surface area contributed by atoms with Crippen molar-refractivity contribution in [2.45, 2.75) is 29.0 Å². The monoisotopic (exact) mass is 262 g/mol. The summed E-state index contributed by atoms with van der Waals surface area (Å²) in [5, 5.41) is 10.8. The highest BCUT2D eigenvalue weighted by molar-refractivity contribution is 7.91. The van der Waals surface area contributed by atoms with E-state index in [2.05, 4.69) is 4.72 Å². The highest BCUT2D eigenvalue weighted by Crippen LogP contribution is 2.33. The first-order valence-electron chi connectivity index (χ1n) is 4.96. The number of aliphatic hydroxyl groups is 1. The molecule has 1 saturated carbocycles. The number of nitrogen functional groups attached to an aromatic ring is 1. The molecular weight excluding hydrogens is 248 g/mol. The van der Waals surface area contributed by atoms with Gasteiger partial charge in [-0.15, -0.1) is 11.3 Å². The van der Waals surface area contributed by atoms with E-state index in [1.807, 2.05) is 0 Å². The molecule has 0 bridgehead atoms. The largest absolute Gasteiger partial charge is 0.398 e. The lowest BCUT2D eigenvalue weighted by Gasteiger charge is -2.40. The van der Waals surface area contributed by atoms with Crippen molar-refractivity contribution in [3.05, 3.63) is 11.4 Å². The Morgan fingerprint density at radius 3 is 2.62 bits per heavy atom. The molecule has 0 aromatic carbocycles. The fourth-order valence-corrected chi connectivity index (χ4v) is 4.23. The molecule has 90 valence electrons. The van der Waals surface area contributed by atoms with Gasteiger partial charge in [-0.1, -0.05) is 0 Å². The first-order valence-corrected chi connectivity index (χ1v) is 7.33. The van der Waals surface area contributed by atoms with Crippen LogP contribution in [0.2, 0.25) is 0 Å². The summed E-state index contributed by atoms with van der Waals surface area (Å²) in [5.74, 6) is 0. The van der Waals surface area contributed by atoms with Gasteiger partial charge < -0.3 is 10.8 Å². The van der Waals surface area contributed by atoms with E-state index in [4.69, 9.17) is 5.73 Å². The maximum absolute atomic E-state index is 11.9. The number of thiophene rings is 1. The van der Waals surface area contributed by atoms with E-state index in [9.17, 15) is 13.5 Å². The number of anilines is 1. The van der Waals surface area contributed by atoms with Crippen LogP contribution < -0.4 is 10.5 Å². The van der Waals surface area contributed by atoms with Crippen LogP contribution in [-0.2, 0) is 10.0 Å². The molecule has 1 aromatic rings. The third-order valence-electron chi connectivity index (χ3n) is 2.82. The number of aliphatic hydroxyl groups excluding tert-OH is 1. The van der Waals surface area contributed by atoms with Crippen LogP contribution in [0.15, 0.2) is 15.7 Å². The van der Waals surface area contributed by atoms with E-state index in [0.717, 1.165) is 17.8 Å². The van der Waals surface area contributed by atoms with Gasteiger partial charge in [-0.05, 0) is 25.3 Å². The van der Waals surface area contributed by atoms with Gasteiger partial charge in [-0.2, -0.15) is 0 Å². The molecule has 7 heteroatoms. The van der Waals surface area contributed by atoms with Crippen molar-refractivity contribution in [3.63, 3.8) is 0 Å². The average Bonchev–Trinajstić information content (AvgIpc) is 2.59. The molecule has 1 fully saturated rings. The van der Waals surface area contributed by atoms with Crippen LogP contribution in [0.4, 0.5) is 5.69 Å². The van der Waals surface area contributed by atoms with Gasteiger partial charge >= 0.3 is 0 Å². The van der Waals surface area contributed by atoms with E-state index in [1.165, 1.54) is 6.07 Å². The van der Waals surface area contributed by atoms with Crippen molar-refractivity contribution >= 4 is 27.0 Å². The Bertz CT molecular complexity index is 471. The van der Waals surface area contributed by atoms with Crippen LogP contribution in [0.1, 0.15) is 19.3 Å². The summed E-state index contributed by atoms with van der Waals surface area (Å²) in [6.07, 6.45) is 2.31. The van der Waals surface area contributed by atoms with Gasteiger partial charge in [0.25, 0.3) is 10.0 Å². The van der Waals surface area contributed by atoms with Crippen LogP contribution in [0.3, 0.4) is 0 Å². The molecule has 5 nitrogen and oxygen atoms in total. The molecule has 0 saturated heterocycles. The maximum atomic E-state index is 11.9. The number of hydrogen-bond donors (Lipinski definition) is 3. The minimum atomic E-state index is -3.54. The number of hydrogen-bond acceptors (Lipinski definition) is 5. The topological polar surface area (TPSA) is 92.4 Å². The van der Waals surface area contributed by atoms with Crippen LogP contribution in [-0.4, -0.2) is 25.7 Å².